The highest BCUT2D eigenvalue weighted by Crippen LogP contribution is 2.29. The van der Waals surface area contributed by atoms with Crippen LogP contribution in [0.5, 0.6) is 0 Å². The third-order valence-electron chi connectivity index (χ3n) is 4.43. The Balaban J connectivity index is 2.16. The van der Waals surface area contributed by atoms with Gasteiger partial charge in [-0.25, -0.2) is 0 Å². The van der Waals surface area contributed by atoms with Crippen LogP contribution in [-0.2, 0) is 4.79 Å². The average molecular weight is 288 g/mol. The first-order chi connectivity index (χ1) is 10.2. The van der Waals surface area contributed by atoms with Gasteiger partial charge in [-0.15, -0.1) is 0 Å². The number of nitrogens with zero attached hydrogens (tertiary/aromatic N) is 2. The standard InChI is InChI=1S/C17H24N2O2/c1-3-13(2)16(14-7-5-4-6-8-14)17(20)19-11-9-15(18-21)10-12-19/h4-8,13,16,21H,3,9-12H2,1-2H3. The van der Waals surface area contributed by atoms with Gasteiger partial charge >= 0.3 is 0 Å². The highest BCUT2D eigenvalue weighted by molar-refractivity contribution is 5.89. The lowest BCUT2D eigenvalue weighted by molar-refractivity contribution is -0.134. The van der Waals surface area contributed by atoms with Gasteiger partial charge in [-0.3, -0.25) is 4.79 Å². The molecule has 1 saturated heterocycles. The Morgan fingerprint density at radius 1 is 1.29 bits per heavy atom. The van der Waals surface area contributed by atoms with Crippen LogP contribution in [0.25, 0.3) is 0 Å². The predicted octanol–water partition coefficient (Wildman–Crippen LogP) is 3.27. The van der Waals surface area contributed by atoms with Crippen molar-refractivity contribution >= 4 is 11.6 Å². The van der Waals surface area contributed by atoms with Gasteiger partial charge in [-0.1, -0.05) is 55.8 Å². The highest BCUT2D eigenvalue weighted by atomic mass is 16.4. The summed E-state index contributed by atoms with van der Waals surface area (Å²) in [5, 5.41) is 12.1. The molecule has 0 saturated carbocycles. The second kappa shape index (κ2) is 7.25. The Hall–Kier alpha value is -1.84. The summed E-state index contributed by atoms with van der Waals surface area (Å²) in [6.07, 6.45) is 2.32. The summed E-state index contributed by atoms with van der Waals surface area (Å²) in [6.45, 7) is 5.57. The lowest BCUT2D eigenvalue weighted by Crippen LogP contribution is -2.42. The zero-order valence-corrected chi connectivity index (χ0v) is 12.8. The van der Waals surface area contributed by atoms with Crippen molar-refractivity contribution in [2.24, 2.45) is 11.1 Å². The van der Waals surface area contributed by atoms with E-state index in [1.165, 1.54) is 0 Å². The van der Waals surface area contributed by atoms with E-state index < -0.39 is 0 Å². The van der Waals surface area contributed by atoms with Crippen LogP contribution in [0.15, 0.2) is 35.5 Å². The molecule has 0 aromatic heterocycles. The van der Waals surface area contributed by atoms with Crippen LogP contribution in [0, 0.1) is 5.92 Å². The predicted molar refractivity (Wildman–Crippen MR) is 83.7 cm³/mol. The maximum absolute atomic E-state index is 12.9. The Morgan fingerprint density at radius 2 is 1.90 bits per heavy atom. The second-order valence-electron chi connectivity index (χ2n) is 5.77. The van der Waals surface area contributed by atoms with Crippen LogP contribution in [-0.4, -0.2) is 34.8 Å². The van der Waals surface area contributed by atoms with Crippen molar-refractivity contribution in [3.63, 3.8) is 0 Å². The number of hydrogen-bond donors (Lipinski definition) is 1. The quantitative estimate of drug-likeness (QED) is 0.683. The SMILES string of the molecule is CCC(C)C(C(=O)N1CCC(=NO)CC1)c1ccccc1. The summed E-state index contributed by atoms with van der Waals surface area (Å²) in [6, 6.07) is 10.0. The highest BCUT2D eigenvalue weighted by Gasteiger charge is 2.31. The molecule has 2 rings (SSSR count). The van der Waals surface area contributed by atoms with E-state index >= 15 is 0 Å². The van der Waals surface area contributed by atoms with Gasteiger partial charge in [0.15, 0.2) is 0 Å². The van der Waals surface area contributed by atoms with Gasteiger partial charge in [0.1, 0.15) is 0 Å². The van der Waals surface area contributed by atoms with Crippen LogP contribution in [0.2, 0.25) is 0 Å². The zero-order valence-electron chi connectivity index (χ0n) is 12.8. The number of piperidine rings is 1. The first kappa shape index (κ1) is 15.5. The summed E-state index contributed by atoms with van der Waals surface area (Å²) in [5.41, 5.74) is 1.89. The Kier molecular flexibility index (Phi) is 5.37. The monoisotopic (exact) mass is 288 g/mol. The molecule has 1 aromatic rings. The molecular weight excluding hydrogens is 264 g/mol. The fraction of sp³-hybridized carbons (Fsp3) is 0.529. The van der Waals surface area contributed by atoms with Crippen molar-refractivity contribution < 1.29 is 10.0 Å². The molecule has 1 fully saturated rings. The van der Waals surface area contributed by atoms with Crippen LogP contribution >= 0.6 is 0 Å². The van der Waals surface area contributed by atoms with E-state index in [1.807, 2.05) is 35.2 Å². The molecule has 4 heteroatoms. The summed E-state index contributed by atoms with van der Waals surface area (Å²) < 4.78 is 0. The molecule has 0 radical (unpaired) electrons. The lowest BCUT2D eigenvalue weighted by Gasteiger charge is -2.33. The van der Waals surface area contributed by atoms with Crippen molar-refractivity contribution in [1.29, 1.82) is 0 Å². The molecule has 1 N–H and O–H groups in total. The second-order valence-corrected chi connectivity index (χ2v) is 5.77. The summed E-state index contributed by atoms with van der Waals surface area (Å²) in [7, 11) is 0. The number of oxime groups is 1. The van der Waals surface area contributed by atoms with E-state index in [4.69, 9.17) is 5.21 Å². The summed E-state index contributed by atoms with van der Waals surface area (Å²) in [5.74, 6) is 0.434. The van der Waals surface area contributed by atoms with Crippen LogP contribution in [0.3, 0.4) is 0 Å². The van der Waals surface area contributed by atoms with Gasteiger partial charge in [-0.05, 0) is 11.5 Å². The van der Waals surface area contributed by atoms with Gasteiger partial charge in [0.25, 0.3) is 0 Å². The Bertz CT molecular complexity index is 489. The maximum atomic E-state index is 12.9. The molecule has 0 spiro atoms. The van der Waals surface area contributed by atoms with Crippen LogP contribution < -0.4 is 0 Å². The molecule has 0 bridgehead atoms. The van der Waals surface area contributed by atoms with Crippen molar-refractivity contribution in [2.75, 3.05) is 13.1 Å². The Morgan fingerprint density at radius 3 is 2.43 bits per heavy atom. The number of benzene rings is 1. The normalized spacial score (nSPS) is 18.2. The minimum absolute atomic E-state index is 0.0798. The van der Waals surface area contributed by atoms with Crippen molar-refractivity contribution in [3.05, 3.63) is 35.9 Å². The van der Waals surface area contributed by atoms with E-state index in [-0.39, 0.29) is 11.8 Å². The zero-order chi connectivity index (χ0) is 15.2. The topological polar surface area (TPSA) is 52.9 Å². The molecule has 21 heavy (non-hydrogen) atoms. The van der Waals surface area contributed by atoms with Gasteiger partial charge in [0, 0.05) is 25.9 Å². The third-order valence-corrected chi connectivity index (χ3v) is 4.43. The molecule has 2 atom stereocenters. The molecule has 1 aliphatic heterocycles. The summed E-state index contributed by atoms with van der Waals surface area (Å²) in [4.78, 5) is 14.8. The molecule has 114 valence electrons. The van der Waals surface area contributed by atoms with E-state index in [0.29, 0.717) is 31.8 Å². The number of carbonyl (C=O) groups excluding carboxylic acids is 1. The largest absolute Gasteiger partial charge is 0.411 e. The molecule has 2 unspecified atom stereocenters. The minimum Gasteiger partial charge on any atom is -0.411 e. The van der Waals surface area contributed by atoms with Gasteiger partial charge in [0.05, 0.1) is 11.6 Å². The van der Waals surface area contributed by atoms with Gasteiger partial charge in [0.2, 0.25) is 5.91 Å². The van der Waals surface area contributed by atoms with E-state index in [9.17, 15) is 4.79 Å². The van der Waals surface area contributed by atoms with Crippen molar-refractivity contribution in [1.82, 2.24) is 4.90 Å². The molecule has 1 amide bonds. The fourth-order valence-corrected chi connectivity index (χ4v) is 2.89. The lowest BCUT2D eigenvalue weighted by atomic mass is 9.84. The molecule has 1 aliphatic rings. The molecular formula is C17H24N2O2. The first-order valence-electron chi connectivity index (χ1n) is 7.70. The number of hydrogen-bond acceptors (Lipinski definition) is 3. The molecule has 1 heterocycles. The molecule has 1 aromatic carbocycles. The van der Waals surface area contributed by atoms with Gasteiger partial charge < -0.3 is 10.1 Å². The summed E-state index contributed by atoms with van der Waals surface area (Å²) >= 11 is 0. The number of carbonyl (C=O) groups is 1. The first-order valence-corrected chi connectivity index (χ1v) is 7.70. The van der Waals surface area contributed by atoms with Crippen LogP contribution in [0.1, 0.15) is 44.6 Å². The van der Waals surface area contributed by atoms with E-state index in [1.54, 1.807) is 0 Å². The Labute approximate surface area is 126 Å². The minimum atomic E-state index is -0.0798. The fourth-order valence-electron chi connectivity index (χ4n) is 2.89. The van der Waals surface area contributed by atoms with Crippen molar-refractivity contribution in [2.45, 2.75) is 39.0 Å². The van der Waals surface area contributed by atoms with Gasteiger partial charge in [-0.2, -0.15) is 0 Å². The average Bonchev–Trinajstić information content (AvgIpc) is 2.55. The molecule has 4 nitrogen and oxygen atoms in total. The van der Waals surface area contributed by atoms with Crippen molar-refractivity contribution in [3.8, 4) is 0 Å². The number of likely N-dealkylation sites (tertiary alicyclic amines) is 1. The van der Waals surface area contributed by atoms with E-state index in [2.05, 4.69) is 19.0 Å². The number of rotatable bonds is 4. The molecule has 0 aliphatic carbocycles. The smallest absolute Gasteiger partial charge is 0.230 e. The third kappa shape index (κ3) is 3.63. The van der Waals surface area contributed by atoms with Crippen LogP contribution in [0.4, 0.5) is 0 Å². The van der Waals surface area contributed by atoms with E-state index in [0.717, 1.165) is 17.7 Å². The maximum Gasteiger partial charge on any atom is 0.230 e. The number of amides is 1.